The van der Waals surface area contributed by atoms with E-state index in [-0.39, 0.29) is 11.9 Å². The second-order valence-corrected chi connectivity index (χ2v) is 7.21. The largest absolute Gasteiger partial charge is 0.497 e. The van der Waals surface area contributed by atoms with Crippen LogP contribution in [0.1, 0.15) is 47.9 Å². The first-order valence-corrected chi connectivity index (χ1v) is 9.45. The van der Waals surface area contributed by atoms with Gasteiger partial charge in [-0.15, -0.1) is 0 Å². The lowest BCUT2D eigenvalue weighted by molar-refractivity contribution is 0.102. The monoisotopic (exact) mass is 380 g/mol. The van der Waals surface area contributed by atoms with Crippen molar-refractivity contribution >= 4 is 22.6 Å². The first-order valence-electron chi connectivity index (χ1n) is 9.45. The average molecular weight is 380 g/mol. The quantitative estimate of drug-likeness (QED) is 0.729. The molecule has 1 amide bonds. The first kappa shape index (κ1) is 18.3. The number of fused-ring (bicyclic) bond motifs is 2. The van der Waals surface area contributed by atoms with Gasteiger partial charge in [-0.25, -0.2) is 9.67 Å². The van der Waals surface area contributed by atoms with E-state index in [0.717, 1.165) is 41.6 Å². The van der Waals surface area contributed by atoms with Crippen LogP contribution < -0.4 is 14.8 Å². The van der Waals surface area contributed by atoms with Crippen molar-refractivity contribution in [1.82, 2.24) is 14.8 Å². The maximum Gasteiger partial charge on any atom is 0.256 e. The van der Waals surface area contributed by atoms with Crippen molar-refractivity contribution < 1.29 is 14.3 Å². The number of pyridine rings is 1. The van der Waals surface area contributed by atoms with Crippen molar-refractivity contribution in [1.29, 1.82) is 0 Å². The third-order valence-electron chi connectivity index (χ3n) is 5.14. The SMILES string of the molecule is COc1ccc(OC)c(NC(=O)c2c3c(nc4c2cnn4C(C)C)CCC3)c1. The summed E-state index contributed by atoms with van der Waals surface area (Å²) in [7, 11) is 3.17. The van der Waals surface area contributed by atoms with Crippen molar-refractivity contribution in [2.45, 2.75) is 39.2 Å². The van der Waals surface area contributed by atoms with Crippen LogP contribution in [0.4, 0.5) is 5.69 Å². The van der Waals surface area contributed by atoms with E-state index in [4.69, 9.17) is 14.5 Å². The number of carbonyl (C=O) groups is 1. The zero-order chi connectivity index (χ0) is 19.8. The molecule has 28 heavy (non-hydrogen) atoms. The summed E-state index contributed by atoms with van der Waals surface area (Å²) in [6.07, 6.45) is 4.49. The number of anilines is 1. The number of amides is 1. The Kier molecular flexibility index (Phi) is 4.66. The summed E-state index contributed by atoms with van der Waals surface area (Å²) in [5, 5.41) is 8.27. The number of hydrogen-bond donors (Lipinski definition) is 1. The number of benzene rings is 1. The summed E-state index contributed by atoms with van der Waals surface area (Å²) < 4.78 is 12.6. The summed E-state index contributed by atoms with van der Waals surface area (Å²) in [4.78, 5) is 18.2. The molecular formula is C21H24N4O3. The van der Waals surface area contributed by atoms with Crippen LogP contribution in [0, 0.1) is 0 Å². The van der Waals surface area contributed by atoms with Gasteiger partial charge >= 0.3 is 0 Å². The fraction of sp³-hybridized carbons (Fsp3) is 0.381. The number of nitrogens with one attached hydrogen (secondary N) is 1. The number of hydrogen-bond acceptors (Lipinski definition) is 5. The fourth-order valence-corrected chi connectivity index (χ4v) is 3.79. The van der Waals surface area contributed by atoms with Crippen molar-refractivity contribution in [3.8, 4) is 11.5 Å². The van der Waals surface area contributed by atoms with E-state index in [0.29, 0.717) is 22.7 Å². The Morgan fingerprint density at radius 1 is 1.21 bits per heavy atom. The van der Waals surface area contributed by atoms with Crippen LogP contribution in [0.5, 0.6) is 11.5 Å². The van der Waals surface area contributed by atoms with E-state index >= 15 is 0 Å². The number of rotatable bonds is 5. The predicted octanol–water partition coefficient (Wildman–Crippen LogP) is 3.77. The van der Waals surface area contributed by atoms with E-state index in [1.54, 1.807) is 38.6 Å². The van der Waals surface area contributed by atoms with Gasteiger partial charge in [0.25, 0.3) is 5.91 Å². The highest BCUT2D eigenvalue weighted by Gasteiger charge is 2.26. The van der Waals surface area contributed by atoms with Gasteiger partial charge in [-0.1, -0.05) is 0 Å². The molecule has 0 spiro atoms. The van der Waals surface area contributed by atoms with Crippen LogP contribution in [0.15, 0.2) is 24.4 Å². The summed E-state index contributed by atoms with van der Waals surface area (Å²) in [5.41, 5.74) is 4.01. The Labute approximate surface area is 163 Å². The molecule has 146 valence electrons. The summed E-state index contributed by atoms with van der Waals surface area (Å²) >= 11 is 0. The van der Waals surface area contributed by atoms with Gasteiger partial charge in [-0.05, 0) is 50.8 Å². The molecule has 2 aromatic heterocycles. The molecule has 0 unspecified atom stereocenters. The van der Waals surface area contributed by atoms with Gasteiger partial charge in [0.1, 0.15) is 11.5 Å². The second-order valence-electron chi connectivity index (χ2n) is 7.21. The average Bonchev–Trinajstić information content (AvgIpc) is 3.32. The molecule has 1 aliphatic rings. The van der Waals surface area contributed by atoms with Gasteiger partial charge in [0.15, 0.2) is 5.65 Å². The molecule has 7 nitrogen and oxygen atoms in total. The second kappa shape index (κ2) is 7.14. The van der Waals surface area contributed by atoms with Crippen LogP contribution in [0.25, 0.3) is 11.0 Å². The Morgan fingerprint density at radius 2 is 2.04 bits per heavy atom. The Morgan fingerprint density at radius 3 is 2.75 bits per heavy atom. The van der Waals surface area contributed by atoms with E-state index < -0.39 is 0 Å². The van der Waals surface area contributed by atoms with E-state index in [1.165, 1.54) is 0 Å². The van der Waals surface area contributed by atoms with Crippen molar-refractivity contribution in [3.63, 3.8) is 0 Å². The molecule has 0 radical (unpaired) electrons. The zero-order valence-electron chi connectivity index (χ0n) is 16.6. The van der Waals surface area contributed by atoms with Gasteiger partial charge in [-0.3, -0.25) is 4.79 Å². The van der Waals surface area contributed by atoms with Gasteiger partial charge in [-0.2, -0.15) is 5.10 Å². The number of aromatic nitrogens is 3. The lowest BCUT2D eigenvalue weighted by Gasteiger charge is -2.14. The van der Waals surface area contributed by atoms with E-state index in [2.05, 4.69) is 24.3 Å². The molecule has 0 saturated heterocycles. The molecule has 1 aromatic carbocycles. The highest BCUT2D eigenvalue weighted by Crippen LogP contribution is 2.33. The zero-order valence-corrected chi connectivity index (χ0v) is 16.6. The van der Waals surface area contributed by atoms with Gasteiger partial charge in [0, 0.05) is 17.8 Å². The van der Waals surface area contributed by atoms with Crippen molar-refractivity contribution in [2.24, 2.45) is 0 Å². The normalized spacial score (nSPS) is 13.0. The number of nitrogens with zero attached hydrogens (tertiary/aromatic N) is 3. The molecule has 3 aromatic rings. The molecule has 0 bridgehead atoms. The molecule has 0 fully saturated rings. The van der Waals surface area contributed by atoms with Gasteiger partial charge in [0.2, 0.25) is 0 Å². The molecule has 4 rings (SSSR count). The number of carbonyl (C=O) groups excluding carboxylic acids is 1. The third kappa shape index (κ3) is 2.96. The summed E-state index contributed by atoms with van der Waals surface area (Å²) in [6, 6.07) is 5.49. The van der Waals surface area contributed by atoms with Gasteiger partial charge < -0.3 is 14.8 Å². The topological polar surface area (TPSA) is 78.3 Å². The maximum absolute atomic E-state index is 13.4. The van der Waals surface area contributed by atoms with Crippen molar-refractivity contribution in [2.75, 3.05) is 19.5 Å². The molecule has 1 N–H and O–H groups in total. The van der Waals surface area contributed by atoms with Crippen LogP contribution in [-0.4, -0.2) is 34.9 Å². The standard InChI is InChI=1S/C21H24N4O3/c1-12(2)25-20-15(11-22-25)19(14-6-5-7-16(14)23-20)21(26)24-17-10-13(27-3)8-9-18(17)28-4/h8-12H,5-7H2,1-4H3,(H,24,26). The summed E-state index contributed by atoms with van der Waals surface area (Å²) in [5.74, 6) is 1.04. The smallest absolute Gasteiger partial charge is 0.256 e. The number of ether oxygens (including phenoxy) is 2. The molecule has 0 aliphatic heterocycles. The van der Waals surface area contributed by atoms with E-state index in [1.807, 2.05) is 4.68 Å². The van der Waals surface area contributed by atoms with Crippen LogP contribution >= 0.6 is 0 Å². The maximum atomic E-state index is 13.4. The van der Waals surface area contributed by atoms with Crippen LogP contribution in [-0.2, 0) is 12.8 Å². The van der Waals surface area contributed by atoms with E-state index in [9.17, 15) is 4.79 Å². The minimum absolute atomic E-state index is 0.166. The van der Waals surface area contributed by atoms with Crippen molar-refractivity contribution in [3.05, 3.63) is 41.2 Å². The third-order valence-corrected chi connectivity index (χ3v) is 5.14. The number of methoxy groups -OCH3 is 2. The molecule has 0 saturated carbocycles. The van der Waals surface area contributed by atoms with Crippen LogP contribution in [0.3, 0.4) is 0 Å². The molecule has 1 aliphatic carbocycles. The Balaban J connectivity index is 1.82. The Hall–Kier alpha value is -3.09. The molecule has 7 heteroatoms. The summed E-state index contributed by atoms with van der Waals surface area (Å²) in [6.45, 7) is 4.12. The molecule has 0 atom stereocenters. The van der Waals surface area contributed by atoms with Gasteiger partial charge in [0.05, 0.1) is 37.1 Å². The number of aryl methyl sites for hydroxylation is 1. The predicted molar refractivity (Wildman–Crippen MR) is 107 cm³/mol. The lowest BCUT2D eigenvalue weighted by Crippen LogP contribution is -2.16. The van der Waals surface area contributed by atoms with Crippen LogP contribution in [0.2, 0.25) is 0 Å². The molecular weight excluding hydrogens is 356 g/mol. The highest BCUT2D eigenvalue weighted by atomic mass is 16.5. The minimum atomic E-state index is -0.180. The Bertz CT molecular complexity index is 1060. The minimum Gasteiger partial charge on any atom is -0.497 e. The molecule has 2 heterocycles. The lowest BCUT2D eigenvalue weighted by atomic mass is 10.0. The highest BCUT2D eigenvalue weighted by molar-refractivity contribution is 6.13. The first-order chi connectivity index (χ1) is 13.5. The fourth-order valence-electron chi connectivity index (χ4n) is 3.79.